The molecule has 132 valence electrons. The van der Waals surface area contributed by atoms with E-state index in [9.17, 15) is 18.4 Å². The Kier molecular flexibility index (Phi) is 5.85. The first kappa shape index (κ1) is 18.6. The van der Waals surface area contributed by atoms with Crippen LogP contribution in [0.4, 0.5) is 8.78 Å². The molecule has 0 aromatic heterocycles. The number of carbonyl (C=O) groups is 2. The summed E-state index contributed by atoms with van der Waals surface area (Å²) in [5, 5.41) is 2.41. The Morgan fingerprint density at radius 3 is 2.48 bits per heavy atom. The van der Waals surface area contributed by atoms with E-state index >= 15 is 0 Å². The van der Waals surface area contributed by atoms with Crippen molar-refractivity contribution in [3.05, 3.63) is 70.3 Å². The van der Waals surface area contributed by atoms with Crippen molar-refractivity contribution in [3.63, 3.8) is 0 Å². The van der Waals surface area contributed by atoms with Crippen LogP contribution in [0.1, 0.15) is 27.0 Å². The van der Waals surface area contributed by atoms with E-state index < -0.39 is 35.1 Å². The maximum absolute atomic E-state index is 13.8. The van der Waals surface area contributed by atoms with E-state index in [2.05, 4.69) is 5.32 Å². The van der Waals surface area contributed by atoms with E-state index in [4.69, 9.17) is 4.74 Å². The molecule has 0 heterocycles. The second-order valence-electron chi connectivity index (χ2n) is 5.77. The van der Waals surface area contributed by atoms with Gasteiger partial charge < -0.3 is 10.1 Å². The first-order valence-corrected chi connectivity index (χ1v) is 7.72. The minimum absolute atomic E-state index is 0.177. The average Bonchev–Trinajstić information content (AvgIpc) is 2.59. The van der Waals surface area contributed by atoms with Crippen molar-refractivity contribution >= 4 is 11.9 Å². The van der Waals surface area contributed by atoms with Crippen LogP contribution in [0.25, 0.3) is 0 Å². The van der Waals surface area contributed by atoms with Crippen LogP contribution < -0.4 is 5.32 Å². The molecule has 4 nitrogen and oxygen atoms in total. The number of benzene rings is 2. The predicted molar refractivity (Wildman–Crippen MR) is 89.2 cm³/mol. The zero-order valence-electron chi connectivity index (χ0n) is 14.2. The first-order chi connectivity index (χ1) is 11.8. The number of aryl methyl sites for hydroxylation is 2. The summed E-state index contributed by atoms with van der Waals surface area (Å²) < 4.78 is 31.7. The van der Waals surface area contributed by atoms with E-state index in [1.165, 1.54) is 13.2 Å². The zero-order valence-corrected chi connectivity index (χ0v) is 14.2. The summed E-state index contributed by atoms with van der Waals surface area (Å²) in [7, 11) is 1.20. The summed E-state index contributed by atoms with van der Waals surface area (Å²) in [4.78, 5) is 24.2. The van der Waals surface area contributed by atoms with Gasteiger partial charge in [-0.3, -0.25) is 4.79 Å². The number of nitrogens with one attached hydrogen (secondary N) is 1. The third-order valence-corrected chi connectivity index (χ3v) is 4.00. The lowest BCUT2D eigenvalue weighted by atomic mass is 10.0. The van der Waals surface area contributed by atoms with Crippen LogP contribution in [0.5, 0.6) is 0 Å². The number of carbonyl (C=O) groups excluding carboxylic acids is 2. The van der Waals surface area contributed by atoms with Crippen molar-refractivity contribution in [1.29, 1.82) is 0 Å². The Hall–Kier alpha value is -2.76. The fourth-order valence-corrected chi connectivity index (χ4v) is 2.42. The molecule has 2 aromatic carbocycles. The minimum Gasteiger partial charge on any atom is -0.467 e. The van der Waals surface area contributed by atoms with E-state index in [1.807, 2.05) is 32.0 Å². The maximum Gasteiger partial charge on any atom is 0.328 e. The van der Waals surface area contributed by atoms with E-state index in [0.29, 0.717) is 0 Å². The molecule has 0 aliphatic rings. The van der Waals surface area contributed by atoms with Crippen LogP contribution in [-0.4, -0.2) is 25.0 Å². The van der Waals surface area contributed by atoms with Gasteiger partial charge in [-0.25, -0.2) is 13.6 Å². The van der Waals surface area contributed by atoms with Gasteiger partial charge in [-0.15, -0.1) is 0 Å². The van der Waals surface area contributed by atoms with Gasteiger partial charge in [0.1, 0.15) is 6.04 Å². The molecular formula is C19H19F2NO3. The Morgan fingerprint density at radius 2 is 1.84 bits per heavy atom. The van der Waals surface area contributed by atoms with Crippen LogP contribution in [0, 0.1) is 25.5 Å². The number of rotatable bonds is 5. The molecule has 0 aliphatic heterocycles. The number of ether oxygens (including phenoxy) is 1. The van der Waals surface area contributed by atoms with Gasteiger partial charge in [-0.1, -0.05) is 24.3 Å². The van der Waals surface area contributed by atoms with Crippen LogP contribution in [0.2, 0.25) is 0 Å². The Bertz CT molecular complexity index is 805. The first-order valence-electron chi connectivity index (χ1n) is 7.72. The lowest BCUT2D eigenvalue weighted by molar-refractivity contribution is -0.142. The second kappa shape index (κ2) is 7.88. The van der Waals surface area contributed by atoms with Gasteiger partial charge in [0.15, 0.2) is 11.6 Å². The van der Waals surface area contributed by atoms with E-state index in [0.717, 1.165) is 28.8 Å². The molecule has 1 amide bonds. The molecule has 0 saturated carbocycles. The highest BCUT2D eigenvalue weighted by atomic mass is 19.2. The average molecular weight is 347 g/mol. The number of hydrogen-bond donors (Lipinski definition) is 1. The third kappa shape index (κ3) is 4.41. The van der Waals surface area contributed by atoms with Gasteiger partial charge >= 0.3 is 5.97 Å². The van der Waals surface area contributed by atoms with Crippen LogP contribution >= 0.6 is 0 Å². The predicted octanol–water partition coefficient (Wildman–Crippen LogP) is 3.10. The molecule has 0 bridgehead atoms. The van der Waals surface area contributed by atoms with Gasteiger partial charge in [0, 0.05) is 6.42 Å². The van der Waals surface area contributed by atoms with Gasteiger partial charge in [0.2, 0.25) is 0 Å². The highest BCUT2D eigenvalue weighted by molar-refractivity contribution is 5.97. The summed E-state index contributed by atoms with van der Waals surface area (Å²) in [6, 6.07) is 7.93. The van der Waals surface area contributed by atoms with Crippen molar-refractivity contribution in [2.24, 2.45) is 0 Å². The quantitative estimate of drug-likeness (QED) is 0.846. The smallest absolute Gasteiger partial charge is 0.328 e. The fourth-order valence-electron chi connectivity index (χ4n) is 2.42. The van der Waals surface area contributed by atoms with Crippen LogP contribution in [0.15, 0.2) is 36.4 Å². The summed E-state index contributed by atoms with van der Waals surface area (Å²) >= 11 is 0. The molecule has 0 saturated heterocycles. The van der Waals surface area contributed by atoms with Gasteiger partial charge in [-0.2, -0.15) is 0 Å². The van der Waals surface area contributed by atoms with Gasteiger partial charge in [0.25, 0.3) is 5.91 Å². The molecule has 1 atom stereocenters. The normalized spacial score (nSPS) is 11.7. The van der Waals surface area contributed by atoms with Crippen molar-refractivity contribution in [2.75, 3.05) is 7.11 Å². The highest BCUT2D eigenvalue weighted by Crippen LogP contribution is 2.14. The largest absolute Gasteiger partial charge is 0.467 e. The second-order valence-corrected chi connectivity index (χ2v) is 5.77. The van der Waals surface area contributed by atoms with Gasteiger partial charge in [-0.05, 0) is 42.7 Å². The molecule has 2 rings (SSSR count). The topological polar surface area (TPSA) is 55.4 Å². The van der Waals surface area contributed by atoms with E-state index in [-0.39, 0.29) is 6.42 Å². The molecule has 0 aliphatic carbocycles. The standard InChI is InChI=1S/C19H19F2NO3/c1-11-7-8-13(9-12(11)2)10-16(19(24)25-3)22-18(23)14-5-4-6-15(20)17(14)21/h4-9,16H,10H2,1-3H3,(H,22,23)/t16-/m0/s1. The molecule has 6 heteroatoms. The molecule has 2 aromatic rings. The van der Waals surface area contributed by atoms with Crippen molar-refractivity contribution in [1.82, 2.24) is 5.32 Å². The summed E-state index contributed by atoms with van der Waals surface area (Å²) in [5.41, 5.74) is 2.50. The Morgan fingerprint density at radius 1 is 1.12 bits per heavy atom. The minimum atomic E-state index is -1.25. The third-order valence-electron chi connectivity index (χ3n) is 4.00. The zero-order chi connectivity index (χ0) is 18.6. The molecular weight excluding hydrogens is 328 g/mol. The van der Waals surface area contributed by atoms with Crippen molar-refractivity contribution in [2.45, 2.75) is 26.3 Å². The highest BCUT2D eigenvalue weighted by Gasteiger charge is 2.24. The van der Waals surface area contributed by atoms with E-state index in [1.54, 1.807) is 0 Å². The van der Waals surface area contributed by atoms with Crippen LogP contribution in [0.3, 0.4) is 0 Å². The number of amides is 1. The summed E-state index contributed by atoms with van der Waals surface area (Å²) in [6.07, 6.45) is 0.177. The lowest BCUT2D eigenvalue weighted by Crippen LogP contribution is -2.43. The number of methoxy groups -OCH3 is 1. The maximum atomic E-state index is 13.8. The molecule has 0 radical (unpaired) electrons. The van der Waals surface area contributed by atoms with Gasteiger partial charge in [0.05, 0.1) is 12.7 Å². The number of esters is 1. The SMILES string of the molecule is COC(=O)[C@H](Cc1ccc(C)c(C)c1)NC(=O)c1cccc(F)c1F. The Labute approximate surface area is 144 Å². The molecule has 0 unspecified atom stereocenters. The number of hydrogen-bond acceptors (Lipinski definition) is 3. The monoisotopic (exact) mass is 347 g/mol. The molecule has 0 spiro atoms. The number of halogens is 2. The Balaban J connectivity index is 2.22. The molecule has 0 fully saturated rings. The summed E-state index contributed by atoms with van der Waals surface area (Å²) in [6.45, 7) is 3.90. The molecule has 1 N–H and O–H groups in total. The van der Waals surface area contributed by atoms with Crippen molar-refractivity contribution < 1.29 is 23.1 Å². The molecule has 25 heavy (non-hydrogen) atoms. The van der Waals surface area contributed by atoms with Crippen LogP contribution in [-0.2, 0) is 16.0 Å². The fraction of sp³-hybridized carbons (Fsp3) is 0.263. The van der Waals surface area contributed by atoms with Crippen molar-refractivity contribution in [3.8, 4) is 0 Å². The summed E-state index contributed by atoms with van der Waals surface area (Å²) in [5.74, 6) is -3.93. The lowest BCUT2D eigenvalue weighted by Gasteiger charge is -2.17.